The largest absolute Gasteiger partial charge is 0.368 e. The van der Waals surface area contributed by atoms with E-state index in [1.165, 1.54) is 16.4 Å². The highest BCUT2D eigenvalue weighted by Gasteiger charge is 2.35. The van der Waals surface area contributed by atoms with E-state index >= 15 is 0 Å². The number of piperazine rings is 1. The van der Waals surface area contributed by atoms with E-state index in [9.17, 15) is 13.2 Å². The number of halogens is 3. The lowest BCUT2D eigenvalue weighted by Gasteiger charge is -2.35. The molecule has 3 rings (SSSR count). The standard InChI is InChI=1S/C15H17BrCl2N2O4S/c16-10-8-11(17)14(12(18)9-10)25(22,23)20-5-3-19(4-6-20)15(21)13-2-1-7-24-13/h8-9,13H,1-7H2/t13-/m1/s1. The van der Waals surface area contributed by atoms with Gasteiger partial charge in [0.2, 0.25) is 10.0 Å². The van der Waals surface area contributed by atoms with Crippen molar-refractivity contribution in [3.05, 3.63) is 26.7 Å². The SMILES string of the molecule is O=C([C@H]1CCCO1)N1CCN(S(=O)(=O)c2c(Cl)cc(Br)cc2Cl)CC1. The summed E-state index contributed by atoms with van der Waals surface area (Å²) in [5.41, 5.74) is 0. The van der Waals surface area contributed by atoms with Gasteiger partial charge in [0, 0.05) is 37.3 Å². The first-order valence-corrected chi connectivity index (χ1v) is 10.8. The van der Waals surface area contributed by atoms with E-state index in [4.69, 9.17) is 27.9 Å². The van der Waals surface area contributed by atoms with Crippen molar-refractivity contribution in [2.24, 2.45) is 0 Å². The van der Waals surface area contributed by atoms with Gasteiger partial charge in [0.15, 0.2) is 0 Å². The first-order valence-electron chi connectivity index (χ1n) is 7.86. The number of carbonyl (C=O) groups is 1. The average molecular weight is 472 g/mol. The molecule has 0 spiro atoms. The molecule has 1 atom stereocenters. The van der Waals surface area contributed by atoms with Crippen LogP contribution in [-0.2, 0) is 19.6 Å². The van der Waals surface area contributed by atoms with E-state index in [0.717, 1.165) is 12.8 Å². The molecule has 0 bridgehead atoms. The fourth-order valence-electron chi connectivity index (χ4n) is 3.03. The summed E-state index contributed by atoms with van der Waals surface area (Å²) in [7, 11) is -3.83. The van der Waals surface area contributed by atoms with Crippen LogP contribution >= 0.6 is 39.1 Å². The molecule has 25 heavy (non-hydrogen) atoms. The maximum atomic E-state index is 12.9. The summed E-state index contributed by atoms with van der Waals surface area (Å²) in [5.74, 6) is -0.0609. The van der Waals surface area contributed by atoms with E-state index in [1.54, 1.807) is 4.90 Å². The first-order chi connectivity index (χ1) is 11.8. The predicted octanol–water partition coefficient (Wildman–Crippen LogP) is 2.77. The van der Waals surface area contributed by atoms with Crippen molar-refractivity contribution < 1.29 is 17.9 Å². The van der Waals surface area contributed by atoms with Gasteiger partial charge >= 0.3 is 0 Å². The van der Waals surface area contributed by atoms with Crippen LogP contribution in [0.15, 0.2) is 21.5 Å². The Morgan fingerprint density at radius 3 is 2.28 bits per heavy atom. The highest BCUT2D eigenvalue weighted by molar-refractivity contribution is 9.10. The third-order valence-electron chi connectivity index (χ3n) is 4.32. The molecule has 1 amide bonds. The second-order valence-corrected chi connectivity index (χ2v) is 9.53. The monoisotopic (exact) mass is 470 g/mol. The minimum atomic E-state index is -3.83. The van der Waals surface area contributed by atoms with Gasteiger partial charge in [-0.25, -0.2) is 8.42 Å². The molecule has 138 valence electrons. The summed E-state index contributed by atoms with van der Waals surface area (Å²) >= 11 is 15.4. The lowest BCUT2D eigenvalue weighted by molar-refractivity contribution is -0.142. The number of ether oxygens (including phenoxy) is 1. The molecule has 1 aromatic rings. The lowest BCUT2D eigenvalue weighted by atomic mass is 10.2. The summed E-state index contributed by atoms with van der Waals surface area (Å²) in [6.07, 6.45) is 1.21. The summed E-state index contributed by atoms with van der Waals surface area (Å²) < 4.78 is 33.1. The van der Waals surface area contributed by atoms with Crippen LogP contribution < -0.4 is 0 Å². The summed E-state index contributed by atoms with van der Waals surface area (Å²) in [4.78, 5) is 13.9. The van der Waals surface area contributed by atoms with Gasteiger partial charge in [-0.1, -0.05) is 39.1 Å². The number of hydrogen-bond donors (Lipinski definition) is 0. The van der Waals surface area contributed by atoms with Crippen LogP contribution in [0.4, 0.5) is 0 Å². The van der Waals surface area contributed by atoms with E-state index in [0.29, 0.717) is 24.2 Å². The van der Waals surface area contributed by atoms with Gasteiger partial charge in [-0.3, -0.25) is 4.79 Å². The number of rotatable bonds is 3. The third-order valence-corrected chi connectivity index (χ3v) is 7.60. The molecule has 0 aliphatic carbocycles. The van der Waals surface area contributed by atoms with Gasteiger partial charge in [0.25, 0.3) is 5.91 Å². The van der Waals surface area contributed by atoms with Gasteiger partial charge in [0.1, 0.15) is 11.0 Å². The maximum absolute atomic E-state index is 12.9. The maximum Gasteiger partial charge on any atom is 0.251 e. The Kier molecular flexibility index (Phi) is 5.97. The number of carbonyl (C=O) groups excluding carboxylic acids is 1. The number of benzene rings is 1. The van der Waals surface area contributed by atoms with Crippen LogP contribution in [0.1, 0.15) is 12.8 Å². The van der Waals surface area contributed by atoms with Crippen LogP contribution in [0.5, 0.6) is 0 Å². The Labute approximate surface area is 165 Å². The Balaban J connectivity index is 1.73. The molecule has 0 aromatic heterocycles. The molecular formula is C15H17BrCl2N2O4S. The number of sulfonamides is 1. The average Bonchev–Trinajstić information content (AvgIpc) is 3.07. The molecule has 0 saturated carbocycles. The Hall–Kier alpha value is -0.380. The van der Waals surface area contributed by atoms with Crippen LogP contribution in [0.25, 0.3) is 0 Å². The summed E-state index contributed by atoms with van der Waals surface area (Å²) in [6, 6.07) is 3.00. The fraction of sp³-hybridized carbons (Fsp3) is 0.533. The van der Waals surface area contributed by atoms with Crippen LogP contribution in [0, 0.1) is 0 Å². The van der Waals surface area contributed by atoms with Gasteiger partial charge in [-0.05, 0) is 25.0 Å². The van der Waals surface area contributed by atoms with Crippen molar-refractivity contribution in [1.29, 1.82) is 0 Å². The van der Waals surface area contributed by atoms with Crippen molar-refractivity contribution in [2.75, 3.05) is 32.8 Å². The molecule has 2 heterocycles. The zero-order chi connectivity index (χ0) is 18.2. The van der Waals surface area contributed by atoms with Crippen molar-refractivity contribution in [1.82, 2.24) is 9.21 Å². The Bertz CT molecular complexity index is 753. The number of amides is 1. The van der Waals surface area contributed by atoms with E-state index in [2.05, 4.69) is 15.9 Å². The lowest BCUT2D eigenvalue weighted by Crippen LogP contribution is -2.52. The van der Waals surface area contributed by atoms with Gasteiger partial charge in [0.05, 0.1) is 10.0 Å². The molecule has 0 unspecified atom stereocenters. The molecule has 2 fully saturated rings. The van der Waals surface area contributed by atoms with Crippen LogP contribution in [-0.4, -0.2) is 62.4 Å². The molecule has 6 nitrogen and oxygen atoms in total. The molecule has 1 aromatic carbocycles. The topological polar surface area (TPSA) is 66.9 Å². The van der Waals surface area contributed by atoms with Gasteiger partial charge in [-0.2, -0.15) is 4.31 Å². The van der Waals surface area contributed by atoms with Crippen molar-refractivity contribution in [2.45, 2.75) is 23.8 Å². The quantitative estimate of drug-likeness (QED) is 0.679. The van der Waals surface area contributed by atoms with Crippen LogP contribution in [0.2, 0.25) is 10.0 Å². The van der Waals surface area contributed by atoms with E-state index in [-0.39, 0.29) is 33.9 Å². The zero-order valence-corrected chi connectivity index (χ0v) is 17.2. The first kappa shape index (κ1) is 19.4. The minimum absolute atomic E-state index is 0.0609. The molecule has 2 aliphatic rings. The smallest absolute Gasteiger partial charge is 0.251 e. The van der Waals surface area contributed by atoms with Crippen LogP contribution in [0.3, 0.4) is 0 Å². The van der Waals surface area contributed by atoms with Crippen molar-refractivity contribution >= 4 is 55.1 Å². The van der Waals surface area contributed by atoms with E-state index < -0.39 is 16.1 Å². The molecule has 0 radical (unpaired) electrons. The van der Waals surface area contributed by atoms with Gasteiger partial charge < -0.3 is 9.64 Å². The van der Waals surface area contributed by atoms with Gasteiger partial charge in [-0.15, -0.1) is 0 Å². The summed E-state index contributed by atoms with van der Waals surface area (Å²) in [5, 5.41) is 0.134. The highest BCUT2D eigenvalue weighted by atomic mass is 79.9. The molecule has 0 N–H and O–H groups in total. The summed E-state index contributed by atoms with van der Waals surface area (Å²) in [6.45, 7) is 1.64. The normalized spacial score (nSPS) is 22.4. The highest BCUT2D eigenvalue weighted by Crippen LogP contribution is 2.35. The van der Waals surface area contributed by atoms with E-state index in [1.807, 2.05) is 0 Å². The Morgan fingerprint density at radius 2 is 1.76 bits per heavy atom. The number of hydrogen-bond acceptors (Lipinski definition) is 4. The zero-order valence-electron chi connectivity index (χ0n) is 13.3. The molecular weight excluding hydrogens is 455 g/mol. The Morgan fingerprint density at radius 1 is 1.16 bits per heavy atom. The fourth-order valence-corrected chi connectivity index (χ4v) is 6.34. The van der Waals surface area contributed by atoms with Crippen molar-refractivity contribution in [3.8, 4) is 0 Å². The van der Waals surface area contributed by atoms with Crippen molar-refractivity contribution in [3.63, 3.8) is 0 Å². The second-order valence-electron chi connectivity index (χ2n) is 5.93. The third kappa shape index (κ3) is 3.99. The minimum Gasteiger partial charge on any atom is -0.368 e. The number of nitrogens with zero attached hydrogens (tertiary/aromatic N) is 2. The molecule has 2 saturated heterocycles. The molecule has 2 aliphatic heterocycles. The molecule has 10 heteroatoms. The second kappa shape index (κ2) is 7.70. The predicted molar refractivity (Wildman–Crippen MR) is 98.5 cm³/mol.